The van der Waals surface area contributed by atoms with E-state index in [9.17, 15) is 14.4 Å². The lowest BCUT2D eigenvalue weighted by molar-refractivity contribution is -0.120. The third kappa shape index (κ3) is 4.60. The normalized spacial score (nSPS) is 15.1. The van der Waals surface area contributed by atoms with Crippen LogP contribution in [0.2, 0.25) is 0 Å². The van der Waals surface area contributed by atoms with Gasteiger partial charge in [-0.15, -0.1) is 11.3 Å². The first-order chi connectivity index (χ1) is 11.8. The van der Waals surface area contributed by atoms with E-state index in [0.29, 0.717) is 15.4 Å². The van der Waals surface area contributed by atoms with Gasteiger partial charge in [0.05, 0.1) is 17.6 Å². The van der Waals surface area contributed by atoms with Crippen LogP contribution in [0.15, 0.2) is 0 Å². The third-order valence-electron chi connectivity index (χ3n) is 4.37. The number of thiophene rings is 1. The van der Waals surface area contributed by atoms with E-state index in [1.807, 2.05) is 13.8 Å². The Bertz CT molecular complexity index is 660. The second-order valence-corrected chi connectivity index (χ2v) is 7.72. The number of hydrogen-bond donors (Lipinski definition) is 2. The van der Waals surface area contributed by atoms with Gasteiger partial charge in [-0.25, -0.2) is 4.79 Å². The Morgan fingerprint density at radius 3 is 2.36 bits per heavy atom. The van der Waals surface area contributed by atoms with Crippen LogP contribution in [-0.4, -0.2) is 30.9 Å². The number of rotatable bonds is 5. The quantitative estimate of drug-likeness (QED) is 0.781. The van der Waals surface area contributed by atoms with E-state index in [1.54, 1.807) is 6.92 Å². The van der Waals surface area contributed by atoms with Gasteiger partial charge in [0.15, 0.2) is 0 Å². The molecule has 0 bridgehead atoms. The lowest BCUT2D eigenvalue weighted by Crippen LogP contribution is -2.29. The van der Waals surface area contributed by atoms with Crippen LogP contribution >= 0.6 is 11.3 Å². The smallest absolute Gasteiger partial charge is 0.341 e. The summed E-state index contributed by atoms with van der Waals surface area (Å²) in [7, 11) is 1.29. The molecule has 0 aromatic carbocycles. The highest BCUT2D eigenvalue weighted by molar-refractivity contribution is 7.18. The zero-order chi connectivity index (χ0) is 18.6. The van der Waals surface area contributed by atoms with E-state index in [4.69, 9.17) is 4.74 Å². The predicted molar refractivity (Wildman–Crippen MR) is 98.2 cm³/mol. The van der Waals surface area contributed by atoms with E-state index >= 15 is 0 Å². The van der Waals surface area contributed by atoms with E-state index in [-0.39, 0.29) is 29.3 Å². The lowest BCUT2D eigenvalue weighted by Gasteiger charge is -2.20. The SMILES string of the molecule is COC(=O)c1c(NC(=O)C2CCCCC2)sc(C(=O)NC(C)C)c1C. The molecular weight excluding hydrogens is 340 g/mol. The molecule has 1 aromatic heterocycles. The number of amides is 2. The molecule has 1 aromatic rings. The van der Waals surface area contributed by atoms with Gasteiger partial charge in [-0.2, -0.15) is 0 Å². The molecule has 0 radical (unpaired) electrons. The topological polar surface area (TPSA) is 84.5 Å². The van der Waals surface area contributed by atoms with Crippen LogP contribution in [0.1, 0.15) is 71.5 Å². The zero-order valence-corrected chi connectivity index (χ0v) is 16.0. The Hall–Kier alpha value is -1.89. The lowest BCUT2D eigenvalue weighted by atomic mass is 9.89. The van der Waals surface area contributed by atoms with Gasteiger partial charge in [-0.3, -0.25) is 9.59 Å². The first-order valence-electron chi connectivity index (χ1n) is 8.68. The van der Waals surface area contributed by atoms with Crippen LogP contribution < -0.4 is 10.6 Å². The molecule has 1 aliphatic rings. The Kier molecular flexibility index (Phi) is 6.58. The number of carbonyl (C=O) groups excluding carboxylic acids is 3. The first kappa shape index (κ1) is 19.4. The average Bonchev–Trinajstić information content (AvgIpc) is 2.90. The molecule has 0 spiro atoms. The predicted octanol–water partition coefficient (Wildman–Crippen LogP) is 3.50. The van der Waals surface area contributed by atoms with Gasteiger partial charge in [0.25, 0.3) is 5.91 Å². The molecule has 0 unspecified atom stereocenters. The number of hydrogen-bond acceptors (Lipinski definition) is 5. The second-order valence-electron chi connectivity index (χ2n) is 6.70. The highest BCUT2D eigenvalue weighted by atomic mass is 32.1. The van der Waals surface area contributed by atoms with E-state index in [2.05, 4.69) is 10.6 Å². The van der Waals surface area contributed by atoms with Gasteiger partial charge >= 0.3 is 5.97 Å². The molecule has 0 aliphatic heterocycles. The molecule has 1 heterocycles. The number of anilines is 1. The van der Waals surface area contributed by atoms with E-state index in [1.165, 1.54) is 7.11 Å². The standard InChI is InChI=1S/C18H26N2O4S/c1-10(2)19-16(22)14-11(3)13(18(23)24-4)17(25-14)20-15(21)12-8-6-5-7-9-12/h10,12H,5-9H2,1-4H3,(H,19,22)(H,20,21). The maximum Gasteiger partial charge on any atom is 0.341 e. The monoisotopic (exact) mass is 366 g/mol. The zero-order valence-electron chi connectivity index (χ0n) is 15.2. The largest absolute Gasteiger partial charge is 0.465 e. The molecule has 7 heteroatoms. The minimum atomic E-state index is -0.545. The summed E-state index contributed by atoms with van der Waals surface area (Å²) < 4.78 is 4.84. The van der Waals surface area contributed by atoms with Crippen LogP contribution in [0.4, 0.5) is 5.00 Å². The van der Waals surface area contributed by atoms with Crippen molar-refractivity contribution in [3.63, 3.8) is 0 Å². The Balaban J connectivity index is 2.30. The minimum Gasteiger partial charge on any atom is -0.465 e. The summed E-state index contributed by atoms with van der Waals surface area (Å²) in [4.78, 5) is 37.5. The number of nitrogens with one attached hydrogen (secondary N) is 2. The van der Waals surface area contributed by atoms with Gasteiger partial charge in [0.1, 0.15) is 5.00 Å². The highest BCUT2D eigenvalue weighted by Crippen LogP contribution is 2.35. The maximum atomic E-state index is 12.5. The molecule has 2 rings (SSSR count). The molecule has 6 nitrogen and oxygen atoms in total. The van der Waals surface area contributed by atoms with Crippen LogP contribution in [0.25, 0.3) is 0 Å². The fourth-order valence-corrected chi connectivity index (χ4v) is 4.17. The Morgan fingerprint density at radius 1 is 1.16 bits per heavy atom. The van der Waals surface area contributed by atoms with Crippen LogP contribution in [-0.2, 0) is 9.53 Å². The van der Waals surface area contributed by atoms with Crippen LogP contribution in [0, 0.1) is 12.8 Å². The van der Waals surface area contributed by atoms with Crippen molar-refractivity contribution in [2.75, 3.05) is 12.4 Å². The first-order valence-corrected chi connectivity index (χ1v) is 9.50. The average molecular weight is 366 g/mol. The summed E-state index contributed by atoms with van der Waals surface area (Å²) in [6, 6.07) is -0.0177. The summed E-state index contributed by atoms with van der Waals surface area (Å²) in [6.07, 6.45) is 4.99. The Morgan fingerprint density at radius 2 is 1.80 bits per heavy atom. The number of ether oxygens (including phenoxy) is 1. The molecule has 2 N–H and O–H groups in total. The summed E-state index contributed by atoms with van der Waals surface area (Å²) in [5, 5.41) is 6.08. The summed E-state index contributed by atoms with van der Waals surface area (Å²) in [5.41, 5.74) is 0.805. The van der Waals surface area contributed by atoms with Crippen molar-refractivity contribution in [1.29, 1.82) is 0 Å². The fourth-order valence-electron chi connectivity index (χ4n) is 3.07. The summed E-state index contributed by atoms with van der Waals surface area (Å²) in [6.45, 7) is 5.44. The third-order valence-corrected chi connectivity index (χ3v) is 5.58. The maximum absolute atomic E-state index is 12.5. The Labute approximate surface area is 152 Å². The molecule has 1 aliphatic carbocycles. The van der Waals surface area contributed by atoms with Crippen molar-refractivity contribution in [1.82, 2.24) is 5.32 Å². The second kappa shape index (κ2) is 8.47. The van der Waals surface area contributed by atoms with Crippen molar-refractivity contribution in [2.45, 2.75) is 58.9 Å². The van der Waals surface area contributed by atoms with Crippen LogP contribution in [0.3, 0.4) is 0 Å². The van der Waals surface area contributed by atoms with Crippen molar-refractivity contribution < 1.29 is 19.1 Å². The van der Waals surface area contributed by atoms with Gasteiger partial charge in [0.2, 0.25) is 5.91 Å². The van der Waals surface area contributed by atoms with Crippen molar-refractivity contribution in [2.24, 2.45) is 5.92 Å². The molecular formula is C18H26N2O4S. The van der Waals surface area contributed by atoms with E-state index in [0.717, 1.165) is 43.4 Å². The summed E-state index contributed by atoms with van der Waals surface area (Å²) >= 11 is 1.13. The minimum absolute atomic E-state index is 0.0177. The fraction of sp³-hybridized carbons (Fsp3) is 0.611. The molecule has 1 saturated carbocycles. The molecule has 2 amide bonds. The molecule has 25 heavy (non-hydrogen) atoms. The van der Waals surface area contributed by atoms with Gasteiger partial charge in [0, 0.05) is 12.0 Å². The highest BCUT2D eigenvalue weighted by Gasteiger charge is 2.28. The molecule has 0 saturated heterocycles. The van der Waals surface area contributed by atoms with Gasteiger partial charge in [-0.05, 0) is 39.2 Å². The molecule has 138 valence electrons. The number of methoxy groups -OCH3 is 1. The van der Waals surface area contributed by atoms with Crippen LogP contribution in [0.5, 0.6) is 0 Å². The van der Waals surface area contributed by atoms with Gasteiger partial charge in [-0.1, -0.05) is 19.3 Å². The van der Waals surface area contributed by atoms with Crippen molar-refractivity contribution in [3.8, 4) is 0 Å². The van der Waals surface area contributed by atoms with E-state index < -0.39 is 5.97 Å². The number of esters is 1. The van der Waals surface area contributed by atoms with Crippen molar-refractivity contribution in [3.05, 3.63) is 16.0 Å². The van der Waals surface area contributed by atoms with Crippen molar-refractivity contribution >= 4 is 34.1 Å². The molecule has 0 atom stereocenters. The summed E-state index contributed by atoms with van der Waals surface area (Å²) in [5.74, 6) is -0.909. The van der Waals surface area contributed by atoms with Gasteiger partial charge < -0.3 is 15.4 Å². The number of carbonyl (C=O) groups is 3. The molecule has 1 fully saturated rings.